The summed E-state index contributed by atoms with van der Waals surface area (Å²) in [6, 6.07) is 7.15. The van der Waals surface area contributed by atoms with Crippen molar-refractivity contribution < 1.29 is 9.84 Å². The third-order valence-electron chi connectivity index (χ3n) is 2.81. The molecule has 2 rings (SSSR count). The lowest BCUT2D eigenvalue weighted by atomic mass is 10.1. The molecule has 0 aliphatic rings. The van der Waals surface area contributed by atoms with E-state index in [-0.39, 0.29) is 12.2 Å². The third kappa shape index (κ3) is 3.03. The Morgan fingerprint density at radius 2 is 2.05 bits per heavy atom. The van der Waals surface area contributed by atoms with Gasteiger partial charge in [-0.3, -0.25) is 4.57 Å². The predicted octanol–water partition coefficient (Wildman–Crippen LogP) is 0.714. The molecule has 0 bridgehead atoms. The summed E-state index contributed by atoms with van der Waals surface area (Å²) in [6.07, 6.45) is 0.649. The molecule has 0 aliphatic carbocycles. The smallest absolute Gasteiger partial charge is 0.345 e. The fourth-order valence-electron chi connectivity index (χ4n) is 1.77. The van der Waals surface area contributed by atoms with Gasteiger partial charge in [0.05, 0.1) is 19.3 Å². The monoisotopic (exact) mass is 263 g/mol. The first-order valence-corrected chi connectivity index (χ1v) is 6.11. The van der Waals surface area contributed by atoms with Crippen molar-refractivity contribution in [3.63, 3.8) is 0 Å². The molecule has 1 N–H and O–H groups in total. The molecule has 1 heterocycles. The SMILES string of the molecule is CCOc1ccc(C(O)Cn2ncn(C)c2=O)cc1. The summed E-state index contributed by atoms with van der Waals surface area (Å²) in [4.78, 5) is 11.6. The fourth-order valence-corrected chi connectivity index (χ4v) is 1.77. The summed E-state index contributed by atoms with van der Waals surface area (Å²) < 4.78 is 7.93. The average molecular weight is 263 g/mol. The van der Waals surface area contributed by atoms with Crippen molar-refractivity contribution in [3.05, 3.63) is 46.6 Å². The Labute approximate surface area is 110 Å². The van der Waals surface area contributed by atoms with Crippen LogP contribution in [0.4, 0.5) is 0 Å². The molecule has 1 unspecified atom stereocenters. The summed E-state index contributed by atoms with van der Waals surface area (Å²) in [7, 11) is 1.62. The maximum absolute atomic E-state index is 11.6. The van der Waals surface area contributed by atoms with Crippen LogP contribution in [0.2, 0.25) is 0 Å². The lowest BCUT2D eigenvalue weighted by molar-refractivity contribution is 0.149. The Morgan fingerprint density at radius 1 is 1.37 bits per heavy atom. The maximum atomic E-state index is 11.6. The molecule has 6 heteroatoms. The summed E-state index contributed by atoms with van der Waals surface area (Å²) >= 11 is 0. The molecule has 102 valence electrons. The third-order valence-corrected chi connectivity index (χ3v) is 2.81. The molecule has 0 saturated heterocycles. The summed E-state index contributed by atoms with van der Waals surface area (Å²) in [5.74, 6) is 0.758. The zero-order valence-electron chi connectivity index (χ0n) is 11.0. The Balaban J connectivity index is 2.09. The van der Waals surface area contributed by atoms with Crippen LogP contribution in [-0.4, -0.2) is 26.1 Å². The maximum Gasteiger partial charge on any atom is 0.345 e. The van der Waals surface area contributed by atoms with Crippen LogP contribution in [0.25, 0.3) is 0 Å². The van der Waals surface area contributed by atoms with Crippen molar-refractivity contribution in [1.82, 2.24) is 14.3 Å². The van der Waals surface area contributed by atoms with Gasteiger partial charge in [-0.05, 0) is 24.6 Å². The number of aliphatic hydroxyl groups excluding tert-OH is 1. The normalized spacial score (nSPS) is 12.4. The average Bonchev–Trinajstić information content (AvgIpc) is 2.72. The van der Waals surface area contributed by atoms with Gasteiger partial charge in [0, 0.05) is 7.05 Å². The van der Waals surface area contributed by atoms with Gasteiger partial charge < -0.3 is 9.84 Å². The largest absolute Gasteiger partial charge is 0.494 e. The van der Waals surface area contributed by atoms with Crippen LogP contribution in [0, 0.1) is 0 Å². The predicted molar refractivity (Wildman–Crippen MR) is 70.0 cm³/mol. The number of hydrogen-bond donors (Lipinski definition) is 1. The van der Waals surface area contributed by atoms with Crippen molar-refractivity contribution in [3.8, 4) is 5.75 Å². The van der Waals surface area contributed by atoms with Crippen LogP contribution < -0.4 is 10.4 Å². The highest BCUT2D eigenvalue weighted by atomic mass is 16.5. The number of rotatable bonds is 5. The summed E-state index contributed by atoms with van der Waals surface area (Å²) in [5.41, 5.74) is 0.478. The Morgan fingerprint density at radius 3 is 2.58 bits per heavy atom. The minimum Gasteiger partial charge on any atom is -0.494 e. The van der Waals surface area contributed by atoms with Crippen LogP contribution in [0.1, 0.15) is 18.6 Å². The molecule has 0 amide bonds. The minimum atomic E-state index is -0.775. The second kappa shape index (κ2) is 5.71. The van der Waals surface area contributed by atoms with Gasteiger partial charge in [-0.25, -0.2) is 9.48 Å². The Hall–Kier alpha value is -2.08. The van der Waals surface area contributed by atoms with Crippen molar-refractivity contribution in [1.29, 1.82) is 0 Å². The number of aryl methyl sites for hydroxylation is 1. The van der Waals surface area contributed by atoms with Gasteiger partial charge in [0.2, 0.25) is 0 Å². The minimum absolute atomic E-state index is 0.133. The van der Waals surface area contributed by atoms with Crippen molar-refractivity contribution >= 4 is 0 Å². The Kier molecular flexibility index (Phi) is 4.01. The first kappa shape index (κ1) is 13.4. The molecule has 1 aromatic heterocycles. The number of aromatic nitrogens is 3. The molecular formula is C13H17N3O3. The highest BCUT2D eigenvalue weighted by Crippen LogP contribution is 2.18. The second-order valence-corrected chi connectivity index (χ2v) is 4.22. The quantitative estimate of drug-likeness (QED) is 0.862. The number of benzene rings is 1. The summed E-state index contributed by atoms with van der Waals surface area (Å²) in [6.45, 7) is 2.65. The van der Waals surface area contributed by atoms with Gasteiger partial charge in [-0.2, -0.15) is 5.10 Å². The molecule has 0 radical (unpaired) electrons. The van der Waals surface area contributed by atoms with Crippen LogP contribution in [-0.2, 0) is 13.6 Å². The van der Waals surface area contributed by atoms with Crippen LogP contribution in [0.5, 0.6) is 5.75 Å². The fraction of sp³-hybridized carbons (Fsp3) is 0.385. The second-order valence-electron chi connectivity index (χ2n) is 4.22. The number of ether oxygens (including phenoxy) is 1. The van der Waals surface area contributed by atoms with Crippen molar-refractivity contribution in [2.75, 3.05) is 6.61 Å². The van der Waals surface area contributed by atoms with E-state index in [4.69, 9.17) is 4.74 Å². The van der Waals surface area contributed by atoms with Gasteiger partial charge in [0.25, 0.3) is 0 Å². The van der Waals surface area contributed by atoms with E-state index in [1.807, 2.05) is 6.92 Å². The Bertz CT molecular complexity index is 586. The topological polar surface area (TPSA) is 69.3 Å². The van der Waals surface area contributed by atoms with Gasteiger partial charge in [0.15, 0.2) is 0 Å². The first-order valence-electron chi connectivity index (χ1n) is 6.11. The van der Waals surface area contributed by atoms with Crippen LogP contribution in [0.3, 0.4) is 0 Å². The van der Waals surface area contributed by atoms with E-state index in [1.165, 1.54) is 15.6 Å². The highest BCUT2D eigenvalue weighted by Gasteiger charge is 2.11. The molecule has 0 fully saturated rings. The van der Waals surface area contributed by atoms with Gasteiger partial charge in [0.1, 0.15) is 12.1 Å². The van der Waals surface area contributed by atoms with E-state index in [0.29, 0.717) is 6.61 Å². The molecule has 19 heavy (non-hydrogen) atoms. The first-order chi connectivity index (χ1) is 9.11. The van der Waals surface area contributed by atoms with Crippen LogP contribution >= 0.6 is 0 Å². The van der Waals surface area contributed by atoms with Gasteiger partial charge in [-0.1, -0.05) is 12.1 Å². The number of nitrogens with zero attached hydrogens (tertiary/aromatic N) is 3. The van der Waals surface area contributed by atoms with Gasteiger partial charge in [-0.15, -0.1) is 0 Å². The molecular weight excluding hydrogens is 246 g/mol. The zero-order valence-corrected chi connectivity index (χ0v) is 11.0. The number of hydrogen-bond acceptors (Lipinski definition) is 4. The van der Waals surface area contributed by atoms with Crippen molar-refractivity contribution in [2.24, 2.45) is 7.05 Å². The molecule has 6 nitrogen and oxygen atoms in total. The molecule has 2 aromatic rings. The lowest BCUT2D eigenvalue weighted by Crippen LogP contribution is -2.25. The van der Waals surface area contributed by atoms with Gasteiger partial charge >= 0.3 is 5.69 Å². The van der Waals surface area contributed by atoms with E-state index in [0.717, 1.165) is 11.3 Å². The van der Waals surface area contributed by atoms with E-state index < -0.39 is 6.10 Å². The summed E-state index contributed by atoms with van der Waals surface area (Å²) in [5, 5.41) is 14.0. The van der Waals surface area contributed by atoms with E-state index >= 15 is 0 Å². The number of aliphatic hydroxyl groups is 1. The van der Waals surface area contributed by atoms with E-state index in [1.54, 1.807) is 31.3 Å². The standard InChI is InChI=1S/C13H17N3O3/c1-3-19-11-6-4-10(5-7-11)12(17)8-16-13(18)15(2)9-14-16/h4-7,9,12,17H,3,8H2,1-2H3. The molecule has 0 saturated carbocycles. The molecule has 1 aromatic carbocycles. The van der Waals surface area contributed by atoms with Crippen molar-refractivity contribution in [2.45, 2.75) is 19.6 Å². The van der Waals surface area contributed by atoms with E-state index in [9.17, 15) is 9.90 Å². The van der Waals surface area contributed by atoms with E-state index in [2.05, 4.69) is 5.10 Å². The zero-order chi connectivity index (χ0) is 13.8. The lowest BCUT2D eigenvalue weighted by Gasteiger charge is -2.11. The van der Waals surface area contributed by atoms with Crippen LogP contribution in [0.15, 0.2) is 35.4 Å². The molecule has 0 aliphatic heterocycles. The highest BCUT2D eigenvalue weighted by molar-refractivity contribution is 5.28. The molecule has 0 spiro atoms. The molecule has 1 atom stereocenters.